The van der Waals surface area contributed by atoms with Crippen molar-refractivity contribution >= 4 is 33.1 Å². The van der Waals surface area contributed by atoms with Crippen LogP contribution < -0.4 is 15.2 Å². The number of phenolic OH excluding ortho intramolecular Hbond substituents is 1. The average molecular weight is 465 g/mol. The van der Waals surface area contributed by atoms with Gasteiger partial charge in [-0.15, -0.1) is 0 Å². The Morgan fingerprint density at radius 2 is 1.94 bits per heavy atom. The number of aromatic nitrogens is 4. The Morgan fingerprint density at radius 3 is 2.69 bits per heavy atom. The molecule has 1 aromatic carbocycles. The summed E-state index contributed by atoms with van der Waals surface area (Å²) in [5.74, 6) is -1.33. The lowest BCUT2D eigenvalue weighted by atomic mass is 10.1. The fourth-order valence-corrected chi connectivity index (χ4v) is 4.06. The zero-order valence-electron chi connectivity index (χ0n) is 16.2. The van der Waals surface area contributed by atoms with E-state index in [9.17, 15) is 28.5 Å². The number of benzene rings is 1. The lowest BCUT2D eigenvalue weighted by Gasteiger charge is -2.16. The largest absolute Gasteiger partial charge is 0.507 e. The van der Waals surface area contributed by atoms with Gasteiger partial charge in [0.1, 0.15) is 35.9 Å². The average Bonchev–Trinajstić information content (AvgIpc) is 3.29. The number of phenols is 1. The van der Waals surface area contributed by atoms with Gasteiger partial charge < -0.3 is 25.8 Å². The van der Waals surface area contributed by atoms with Crippen LogP contribution in [0.3, 0.4) is 0 Å². The quantitative estimate of drug-likeness (QED) is 0.234. The Bertz CT molecular complexity index is 1270. The molecule has 32 heavy (non-hydrogen) atoms. The van der Waals surface area contributed by atoms with Gasteiger partial charge in [-0.3, -0.25) is 9.36 Å². The minimum absolute atomic E-state index is 0.117. The van der Waals surface area contributed by atoms with Crippen molar-refractivity contribution in [2.75, 3.05) is 12.3 Å². The molecule has 15 heteroatoms. The van der Waals surface area contributed by atoms with Gasteiger partial charge in [0.15, 0.2) is 17.7 Å². The molecule has 3 heterocycles. The van der Waals surface area contributed by atoms with Gasteiger partial charge in [0.2, 0.25) is 0 Å². The van der Waals surface area contributed by atoms with Crippen molar-refractivity contribution in [2.24, 2.45) is 0 Å². The molecule has 170 valence electrons. The van der Waals surface area contributed by atoms with E-state index in [1.54, 1.807) is 4.72 Å². The van der Waals surface area contributed by atoms with Gasteiger partial charge in [-0.1, -0.05) is 12.1 Å². The number of nitrogens with zero attached hydrogens (tertiary/aromatic N) is 4. The number of hydrogen-bond acceptors (Lipinski definition) is 11. The van der Waals surface area contributed by atoms with E-state index in [4.69, 9.17) is 10.5 Å². The predicted molar refractivity (Wildman–Crippen MR) is 108 cm³/mol. The molecule has 0 spiro atoms. The van der Waals surface area contributed by atoms with E-state index in [0.29, 0.717) is 0 Å². The van der Waals surface area contributed by atoms with E-state index in [1.165, 1.54) is 41.5 Å². The van der Waals surface area contributed by atoms with E-state index in [2.05, 4.69) is 19.7 Å². The summed E-state index contributed by atoms with van der Waals surface area (Å²) >= 11 is 0. The number of imidazole rings is 1. The number of aromatic hydroxyl groups is 1. The minimum Gasteiger partial charge on any atom is -0.507 e. The van der Waals surface area contributed by atoms with Crippen molar-refractivity contribution in [3.63, 3.8) is 0 Å². The van der Waals surface area contributed by atoms with Crippen molar-refractivity contribution in [1.29, 1.82) is 0 Å². The van der Waals surface area contributed by atoms with Crippen LogP contribution in [0.4, 0.5) is 5.82 Å². The molecular weight excluding hydrogens is 446 g/mol. The molecule has 0 unspecified atom stereocenters. The number of rotatable bonds is 6. The fraction of sp³-hybridized carbons (Fsp3) is 0.294. The van der Waals surface area contributed by atoms with Gasteiger partial charge in [0, 0.05) is 6.54 Å². The molecule has 1 aliphatic heterocycles. The maximum absolute atomic E-state index is 12.2. The lowest BCUT2D eigenvalue weighted by molar-refractivity contribution is -0.0330. The molecule has 1 fully saturated rings. The van der Waals surface area contributed by atoms with Crippen LogP contribution in [0.1, 0.15) is 16.6 Å². The smallest absolute Gasteiger partial charge is 0.301 e. The molecule has 0 radical (unpaired) electrons. The van der Waals surface area contributed by atoms with Crippen molar-refractivity contribution in [1.82, 2.24) is 29.0 Å². The first-order valence-corrected chi connectivity index (χ1v) is 10.7. The second-order valence-corrected chi connectivity index (χ2v) is 8.43. The Labute approximate surface area is 180 Å². The molecule has 4 rings (SSSR count). The maximum atomic E-state index is 12.2. The minimum atomic E-state index is -4.38. The van der Waals surface area contributed by atoms with Crippen LogP contribution in [-0.2, 0) is 14.9 Å². The standard InChI is InChI=1S/C17H19N7O7S/c18-14-11-15(20-6-19-14)24(7-21-11)17-13(27)12(26)10(31-17)5-22-32(29,30)23-16(28)8-3-1-2-4-9(8)25/h1-4,6-7,10,12-13,17,22,25-27H,5H2,(H,23,28)(H2,18,19,20)/t10-,12-,13-,17-/m1/s1. The summed E-state index contributed by atoms with van der Waals surface area (Å²) in [6.07, 6.45) is -2.69. The van der Waals surface area contributed by atoms with Crippen LogP contribution >= 0.6 is 0 Å². The van der Waals surface area contributed by atoms with E-state index < -0.39 is 53.0 Å². The number of nitrogens with one attached hydrogen (secondary N) is 2. The molecule has 7 N–H and O–H groups in total. The summed E-state index contributed by atoms with van der Waals surface area (Å²) in [7, 11) is -4.38. The van der Waals surface area contributed by atoms with E-state index in [0.717, 1.165) is 0 Å². The predicted octanol–water partition coefficient (Wildman–Crippen LogP) is -2.00. The molecule has 2 aromatic heterocycles. The first-order valence-electron chi connectivity index (χ1n) is 9.22. The number of aliphatic hydroxyl groups excluding tert-OH is 2. The van der Waals surface area contributed by atoms with Gasteiger partial charge >= 0.3 is 10.2 Å². The molecule has 1 aliphatic rings. The Morgan fingerprint density at radius 1 is 1.19 bits per heavy atom. The van der Waals surface area contributed by atoms with Crippen LogP contribution in [0.15, 0.2) is 36.9 Å². The molecular formula is C17H19N7O7S. The highest BCUT2D eigenvalue weighted by molar-refractivity contribution is 7.88. The number of nitrogen functional groups attached to an aromatic ring is 1. The monoisotopic (exact) mass is 465 g/mol. The SMILES string of the molecule is Nc1ncnc2c1ncn2[C@@H]1O[C@H](CNS(=O)(=O)NC(=O)c2ccccc2O)[C@@H](O)[C@H]1O. The van der Waals surface area contributed by atoms with Gasteiger partial charge in [-0.2, -0.15) is 13.1 Å². The first-order chi connectivity index (χ1) is 15.2. The fourth-order valence-electron chi connectivity index (χ4n) is 3.25. The number of aliphatic hydroxyl groups is 2. The third kappa shape index (κ3) is 4.06. The van der Waals surface area contributed by atoms with Crippen LogP contribution in [0.2, 0.25) is 0 Å². The third-order valence-corrected chi connectivity index (χ3v) is 5.85. The number of para-hydroxylation sites is 1. The molecule has 1 amide bonds. The summed E-state index contributed by atoms with van der Waals surface area (Å²) in [4.78, 5) is 24.0. The number of carbonyl (C=O) groups is 1. The Hall–Kier alpha value is -3.37. The van der Waals surface area contributed by atoms with Crippen molar-refractivity contribution in [2.45, 2.75) is 24.5 Å². The number of amides is 1. The lowest BCUT2D eigenvalue weighted by Crippen LogP contribution is -2.45. The first kappa shape index (κ1) is 21.8. The number of nitrogens with two attached hydrogens (primary N) is 1. The third-order valence-electron chi connectivity index (χ3n) is 4.85. The summed E-state index contributed by atoms with van der Waals surface area (Å²) in [5.41, 5.74) is 6.03. The number of hydrogen-bond donors (Lipinski definition) is 6. The van der Waals surface area contributed by atoms with Gasteiger partial charge in [0.05, 0.1) is 11.9 Å². The Balaban J connectivity index is 1.44. The van der Waals surface area contributed by atoms with Crippen LogP contribution in [0, 0.1) is 0 Å². The van der Waals surface area contributed by atoms with Gasteiger partial charge in [-0.25, -0.2) is 19.7 Å². The van der Waals surface area contributed by atoms with Gasteiger partial charge in [0.25, 0.3) is 5.91 Å². The van der Waals surface area contributed by atoms with Crippen molar-refractivity contribution < 1.29 is 33.3 Å². The maximum Gasteiger partial charge on any atom is 0.301 e. The zero-order valence-corrected chi connectivity index (χ0v) is 17.0. The summed E-state index contributed by atoms with van der Waals surface area (Å²) in [6.45, 7) is -0.470. The van der Waals surface area contributed by atoms with E-state index in [-0.39, 0.29) is 22.5 Å². The molecule has 3 aromatic rings. The molecule has 4 atom stereocenters. The van der Waals surface area contributed by atoms with Crippen molar-refractivity contribution in [3.8, 4) is 5.75 Å². The number of anilines is 1. The van der Waals surface area contributed by atoms with Crippen molar-refractivity contribution in [3.05, 3.63) is 42.5 Å². The highest BCUT2D eigenvalue weighted by Crippen LogP contribution is 2.31. The van der Waals surface area contributed by atoms with Crippen LogP contribution in [0.25, 0.3) is 11.2 Å². The van der Waals surface area contributed by atoms with Crippen LogP contribution in [0.5, 0.6) is 5.75 Å². The topological polar surface area (TPSA) is 215 Å². The van der Waals surface area contributed by atoms with Gasteiger partial charge in [-0.05, 0) is 12.1 Å². The second kappa shape index (κ2) is 8.29. The molecule has 14 nitrogen and oxygen atoms in total. The molecule has 0 bridgehead atoms. The van der Waals surface area contributed by atoms with E-state index in [1.807, 2.05) is 0 Å². The molecule has 1 saturated heterocycles. The summed E-state index contributed by atoms with van der Waals surface area (Å²) in [6, 6.07) is 5.41. The number of carbonyl (C=O) groups excluding carboxylic acids is 1. The number of fused-ring (bicyclic) bond motifs is 1. The van der Waals surface area contributed by atoms with Crippen LogP contribution in [-0.4, -0.2) is 74.0 Å². The number of ether oxygens (including phenoxy) is 1. The highest BCUT2D eigenvalue weighted by Gasteiger charge is 2.44. The normalized spacial score (nSPS) is 23.4. The Kier molecular flexibility index (Phi) is 5.66. The summed E-state index contributed by atoms with van der Waals surface area (Å²) < 4.78 is 35.2. The second-order valence-electron chi connectivity index (χ2n) is 6.93. The summed E-state index contributed by atoms with van der Waals surface area (Å²) in [5, 5.41) is 30.4. The molecule has 0 aliphatic carbocycles. The van der Waals surface area contributed by atoms with E-state index >= 15 is 0 Å². The zero-order chi connectivity index (χ0) is 23.0. The molecule has 0 saturated carbocycles. The highest BCUT2D eigenvalue weighted by atomic mass is 32.2.